The summed E-state index contributed by atoms with van der Waals surface area (Å²) >= 11 is 4.74. The van der Waals surface area contributed by atoms with Gasteiger partial charge in [-0.2, -0.15) is 0 Å². The van der Waals surface area contributed by atoms with E-state index in [4.69, 9.17) is 11.7 Å². The van der Waals surface area contributed by atoms with E-state index in [2.05, 4.69) is 20.8 Å². The van der Waals surface area contributed by atoms with Gasteiger partial charge < -0.3 is 0 Å². The van der Waals surface area contributed by atoms with E-state index in [0.29, 0.717) is 5.41 Å². The highest BCUT2D eigenvalue weighted by atomic mass is 33.1. The van der Waals surface area contributed by atoms with Crippen molar-refractivity contribution >= 4 is 22.5 Å². The van der Waals surface area contributed by atoms with Crippen molar-refractivity contribution in [3.63, 3.8) is 0 Å². The predicted molar refractivity (Wildman–Crippen MR) is 44.1 cm³/mol. The van der Waals surface area contributed by atoms with Crippen molar-refractivity contribution in [2.24, 2.45) is 5.41 Å². The zero-order valence-corrected chi connectivity index (χ0v) is 7.36. The lowest BCUT2D eigenvalue weighted by atomic mass is 9.94. The molecule has 0 heterocycles. The van der Waals surface area contributed by atoms with Gasteiger partial charge in [-0.3, -0.25) is 0 Å². The van der Waals surface area contributed by atoms with E-state index in [1.54, 1.807) is 0 Å². The third kappa shape index (κ3) is 6.70. The minimum Gasteiger partial charge on any atom is -0.0817 e. The zero-order valence-electron chi connectivity index (χ0n) is 5.73. The van der Waals surface area contributed by atoms with Gasteiger partial charge in [-0.25, -0.2) is 0 Å². The fourth-order valence-corrected chi connectivity index (χ4v) is 1.29. The Bertz CT molecular complexity index is 54.0. The van der Waals surface area contributed by atoms with Gasteiger partial charge in [0, 0.05) is 5.75 Å². The fourth-order valence-electron chi connectivity index (χ4n) is 0.348. The maximum Gasteiger partial charge on any atom is 0.00504 e. The normalized spacial score (nSPS) is 12.0. The molecular weight excluding hydrogens is 136 g/mol. The van der Waals surface area contributed by atoms with Crippen molar-refractivity contribution in [3.05, 3.63) is 0 Å². The molecular formula is C6H13S2. The summed E-state index contributed by atoms with van der Waals surface area (Å²) in [6.45, 7) is 6.70. The Hall–Kier alpha value is 0.700. The van der Waals surface area contributed by atoms with Crippen LogP contribution < -0.4 is 0 Å². The van der Waals surface area contributed by atoms with E-state index in [0.717, 1.165) is 5.75 Å². The highest BCUT2D eigenvalue weighted by molar-refractivity contribution is 8.68. The van der Waals surface area contributed by atoms with Crippen LogP contribution in [-0.4, -0.2) is 5.75 Å². The Balaban J connectivity index is 3.11. The average molecular weight is 149 g/mol. The van der Waals surface area contributed by atoms with Gasteiger partial charge in [-0.1, -0.05) is 31.6 Å². The van der Waals surface area contributed by atoms with Crippen molar-refractivity contribution in [3.8, 4) is 0 Å². The smallest absolute Gasteiger partial charge is 0.00504 e. The lowest BCUT2D eigenvalue weighted by Gasteiger charge is -2.15. The highest BCUT2D eigenvalue weighted by Gasteiger charge is 2.07. The summed E-state index contributed by atoms with van der Waals surface area (Å²) in [5.41, 5.74) is 0.464. The molecule has 49 valence electrons. The molecule has 0 atom stereocenters. The van der Waals surface area contributed by atoms with Gasteiger partial charge >= 0.3 is 0 Å². The van der Waals surface area contributed by atoms with E-state index in [-0.39, 0.29) is 0 Å². The molecule has 0 aromatic rings. The maximum atomic E-state index is 4.74. The second-order valence-corrected chi connectivity index (χ2v) is 4.48. The molecule has 0 fully saturated rings. The molecule has 0 aromatic heterocycles. The fraction of sp³-hybridized carbons (Fsp3) is 1.00. The molecule has 0 aromatic carbocycles. The summed E-state index contributed by atoms with van der Waals surface area (Å²) in [5, 5.41) is 0. The van der Waals surface area contributed by atoms with E-state index in [1.165, 1.54) is 17.2 Å². The predicted octanol–water partition coefficient (Wildman–Crippen LogP) is 3.27. The Morgan fingerprint density at radius 1 is 1.38 bits per heavy atom. The molecule has 1 radical (unpaired) electrons. The van der Waals surface area contributed by atoms with Gasteiger partial charge in [-0.05, 0) is 23.5 Å². The van der Waals surface area contributed by atoms with Crippen LogP contribution in [0.4, 0.5) is 0 Å². The molecule has 0 aliphatic heterocycles. The van der Waals surface area contributed by atoms with Gasteiger partial charge in [0.25, 0.3) is 0 Å². The van der Waals surface area contributed by atoms with E-state index < -0.39 is 0 Å². The number of hydrogen-bond acceptors (Lipinski definition) is 1. The van der Waals surface area contributed by atoms with Crippen molar-refractivity contribution < 1.29 is 0 Å². The third-order valence-electron chi connectivity index (χ3n) is 0.935. The van der Waals surface area contributed by atoms with Gasteiger partial charge in [0.15, 0.2) is 0 Å². The largest absolute Gasteiger partial charge is 0.0817 e. The van der Waals surface area contributed by atoms with Crippen LogP contribution in [0, 0.1) is 5.41 Å². The van der Waals surface area contributed by atoms with Crippen LogP contribution in [0.1, 0.15) is 27.2 Å². The summed E-state index contributed by atoms with van der Waals surface area (Å²) in [4.78, 5) is 0. The summed E-state index contributed by atoms with van der Waals surface area (Å²) in [6, 6.07) is 0. The van der Waals surface area contributed by atoms with E-state index in [9.17, 15) is 0 Å². The minimum atomic E-state index is 0.464. The standard InChI is InChI=1S/C6H13S2/c1-6(2,3)4-5-8-7/h4-5H2,1-3H3. The Morgan fingerprint density at radius 3 is 2.00 bits per heavy atom. The maximum absolute atomic E-state index is 4.74. The summed E-state index contributed by atoms with van der Waals surface area (Å²) in [7, 11) is 1.51. The topological polar surface area (TPSA) is 0 Å². The number of hydrogen-bond donors (Lipinski definition) is 0. The number of rotatable bonds is 2. The van der Waals surface area contributed by atoms with Crippen LogP contribution in [0.2, 0.25) is 0 Å². The first-order valence-corrected chi connectivity index (χ1v) is 4.72. The quantitative estimate of drug-likeness (QED) is 0.543. The molecule has 0 spiro atoms. The average Bonchev–Trinajstić information content (AvgIpc) is 1.59. The molecule has 8 heavy (non-hydrogen) atoms. The second-order valence-electron chi connectivity index (χ2n) is 3.13. The summed E-state index contributed by atoms with van der Waals surface area (Å²) in [5.74, 6) is 1.11. The first-order valence-electron chi connectivity index (χ1n) is 2.81. The van der Waals surface area contributed by atoms with Gasteiger partial charge in [0.2, 0.25) is 0 Å². The van der Waals surface area contributed by atoms with Crippen molar-refractivity contribution in [1.82, 2.24) is 0 Å². The molecule has 0 unspecified atom stereocenters. The Labute approximate surface area is 61.2 Å². The molecule has 0 N–H and O–H groups in total. The van der Waals surface area contributed by atoms with Crippen LogP contribution in [0.3, 0.4) is 0 Å². The van der Waals surface area contributed by atoms with Crippen molar-refractivity contribution in [1.29, 1.82) is 0 Å². The highest BCUT2D eigenvalue weighted by Crippen LogP contribution is 2.22. The molecule has 0 bridgehead atoms. The zero-order chi connectivity index (χ0) is 6.62. The lowest BCUT2D eigenvalue weighted by molar-refractivity contribution is 0.402. The molecule has 0 amide bonds. The van der Waals surface area contributed by atoms with Crippen LogP contribution in [0.25, 0.3) is 0 Å². The van der Waals surface area contributed by atoms with Gasteiger partial charge in [0.1, 0.15) is 0 Å². The Morgan fingerprint density at radius 2 is 1.88 bits per heavy atom. The van der Waals surface area contributed by atoms with E-state index >= 15 is 0 Å². The lowest BCUT2D eigenvalue weighted by Crippen LogP contribution is -2.04. The minimum absolute atomic E-state index is 0.464. The third-order valence-corrected chi connectivity index (χ3v) is 1.81. The Kier molecular flexibility index (Phi) is 4.00. The van der Waals surface area contributed by atoms with Crippen molar-refractivity contribution in [2.45, 2.75) is 27.2 Å². The molecule has 2 heteroatoms. The molecule has 0 rings (SSSR count). The monoisotopic (exact) mass is 149 g/mol. The van der Waals surface area contributed by atoms with Crippen molar-refractivity contribution in [2.75, 3.05) is 5.75 Å². The van der Waals surface area contributed by atoms with Crippen LogP contribution >= 0.6 is 22.5 Å². The summed E-state index contributed by atoms with van der Waals surface area (Å²) < 4.78 is 0. The van der Waals surface area contributed by atoms with Gasteiger partial charge in [0.05, 0.1) is 0 Å². The van der Waals surface area contributed by atoms with Gasteiger partial charge in [-0.15, -0.1) is 0 Å². The SMILES string of the molecule is CC(C)(C)CCS[S]. The summed E-state index contributed by atoms with van der Waals surface area (Å²) in [6.07, 6.45) is 1.22. The molecule has 0 saturated carbocycles. The van der Waals surface area contributed by atoms with E-state index in [1.807, 2.05) is 0 Å². The molecule has 0 aliphatic carbocycles. The second kappa shape index (κ2) is 3.67. The molecule has 0 saturated heterocycles. The molecule has 0 nitrogen and oxygen atoms in total. The first-order chi connectivity index (χ1) is 3.56. The first kappa shape index (κ1) is 8.70. The van der Waals surface area contributed by atoms with Crippen LogP contribution in [0.5, 0.6) is 0 Å². The van der Waals surface area contributed by atoms with Crippen LogP contribution in [-0.2, 0) is 0 Å². The molecule has 0 aliphatic rings. The van der Waals surface area contributed by atoms with Crippen LogP contribution in [0.15, 0.2) is 0 Å².